The molecule has 0 aliphatic heterocycles. The van der Waals surface area contributed by atoms with E-state index in [9.17, 15) is 9.59 Å². The van der Waals surface area contributed by atoms with Gasteiger partial charge in [0.1, 0.15) is 5.75 Å². The van der Waals surface area contributed by atoms with Crippen LogP contribution < -0.4 is 15.4 Å². The molecule has 5 heteroatoms. The van der Waals surface area contributed by atoms with Crippen molar-refractivity contribution in [3.05, 3.63) is 89.5 Å². The summed E-state index contributed by atoms with van der Waals surface area (Å²) >= 11 is 0. The van der Waals surface area contributed by atoms with Crippen LogP contribution in [-0.4, -0.2) is 17.9 Å². The number of rotatable bonds is 6. The lowest BCUT2D eigenvalue weighted by Crippen LogP contribution is -2.30. The molecule has 2 N–H and O–H groups in total. The molecule has 2 amide bonds. The number of amides is 2. The summed E-state index contributed by atoms with van der Waals surface area (Å²) in [4.78, 5) is 25.2. The molecular weight excluding hydrogens is 400 g/mol. The summed E-state index contributed by atoms with van der Waals surface area (Å²) in [5, 5.41) is 5.73. The smallest absolute Gasteiger partial charge is 0.265 e. The van der Waals surface area contributed by atoms with E-state index >= 15 is 0 Å². The quantitative estimate of drug-likeness (QED) is 0.508. The molecule has 32 heavy (non-hydrogen) atoms. The Kier molecular flexibility index (Phi) is 6.98. The van der Waals surface area contributed by atoms with Crippen LogP contribution >= 0.6 is 0 Å². The monoisotopic (exact) mass is 430 g/mol. The zero-order chi connectivity index (χ0) is 23.3. The van der Waals surface area contributed by atoms with E-state index in [2.05, 4.69) is 31.4 Å². The highest BCUT2D eigenvalue weighted by atomic mass is 16.5. The van der Waals surface area contributed by atoms with Crippen LogP contribution in [0.4, 0.5) is 11.4 Å². The van der Waals surface area contributed by atoms with Gasteiger partial charge in [-0.05, 0) is 66.8 Å². The highest BCUT2D eigenvalue weighted by Gasteiger charge is 2.17. The van der Waals surface area contributed by atoms with Crippen molar-refractivity contribution in [1.82, 2.24) is 0 Å². The largest absolute Gasteiger partial charge is 0.481 e. The second kappa shape index (κ2) is 9.69. The summed E-state index contributed by atoms with van der Waals surface area (Å²) in [6.45, 7) is 10.0. The van der Waals surface area contributed by atoms with E-state index in [1.807, 2.05) is 55.5 Å². The molecule has 0 saturated heterocycles. The maximum atomic E-state index is 12.6. The van der Waals surface area contributed by atoms with Crippen LogP contribution in [0.5, 0.6) is 5.75 Å². The number of hydrogen-bond acceptors (Lipinski definition) is 3. The summed E-state index contributed by atoms with van der Waals surface area (Å²) < 4.78 is 5.78. The zero-order valence-corrected chi connectivity index (χ0v) is 19.2. The number of anilines is 2. The van der Waals surface area contributed by atoms with Crippen LogP contribution in [0, 0.1) is 6.92 Å². The number of hydrogen-bond donors (Lipinski definition) is 2. The molecule has 166 valence electrons. The Bertz CT molecular complexity index is 1100. The van der Waals surface area contributed by atoms with Crippen LogP contribution in [0.3, 0.4) is 0 Å². The lowest BCUT2D eigenvalue weighted by molar-refractivity contribution is -0.122. The first-order chi connectivity index (χ1) is 15.1. The predicted octanol–water partition coefficient (Wildman–Crippen LogP) is 5.95. The minimum Gasteiger partial charge on any atom is -0.481 e. The third-order valence-corrected chi connectivity index (χ3v) is 5.17. The minimum atomic E-state index is -0.671. The van der Waals surface area contributed by atoms with E-state index < -0.39 is 6.10 Å². The third-order valence-electron chi connectivity index (χ3n) is 5.17. The molecule has 3 rings (SSSR count). The summed E-state index contributed by atoms with van der Waals surface area (Å²) in [5.41, 5.74) is 3.92. The van der Waals surface area contributed by atoms with E-state index in [1.54, 1.807) is 31.2 Å². The molecule has 0 aromatic heterocycles. The minimum absolute atomic E-state index is 0.0294. The van der Waals surface area contributed by atoms with Gasteiger partial charge in [-0.25, -0.2) is 0 Å². The fourth-order valence-electron chi connectivity index (χ4n) is 3.18. The molecule has 0 bridgehead atoms. The molecule has 0 heterocycles. The van der Waals surface area contributed by atoms with Gasteiger partial charge in [-0.3, -0.25) is 9.59 Å². The van der Waals surface area contributed by atoms with Crippen LogP contribution in [0.15, 0.2) is 72.8 Å². The van der Waals surface area contributed by atoms with Crippen LogP contribution in [-0.2, 0) is 10.2 Å². The fourth-order valence-corrected chi connectivity index (χ4v) is 3.18. The summed E-state index contributed by atoms with van der Waals surface area (Å²) in [6, 6.07) is 22.2. The Morgan fingerprint density at radius 1 is 0.844 bits per heavy atom. The molecule has 3 aromatic rings. The number of carbonyl (C=O) groups excluding carboxylic acids is 2. The van der Waals surface area contributed by atoms with Crippen molar-refractivity contribution in [2.45, 2.75) is 46.1 Å². The number of para-hydroxylation sites is 1. The second-order valence-electron chi connectivity index (χ2n) is 8.88. The maximum absolute atomic E-state index is 12.6. The molecule has 1 atom stereocenters. The lowest BCUT2D eigenvalue weighted by atomic mass is 9.87. The number of nitrogens with one attached hydrogen (secondary N) is 2. The highest BCUT2D eigenvalue weighted by Crippen LogP contribution is 2.23. The fraction of sp³-hybridized carbons (Fsp3) is 0.259. The van der Waals surface area contributed by atoms with Gasteiger partial charge < -0.3 is 15.4 Å². The number of aryl methyl sites for hydroxylation is 1. The van der Waals surface area contributed by atoms with E-state index in [-0.39, 0.29) is 17.2 Å². The first kappa shape index (κ1) is 23.1. The molecule has 0 radical (unpaired) electrons. The SMILES string of the molecule is Cc1ccccc1OC(C)C(=O)Nc1cccc(NC(=O)c2ccc(C(C)(C)C)cc2)c1. The standard InChI is InChI=1S/C27H30N2O3/c1-18-9-6-7-12-24(18)32-19(2)25(30)28-22-10-8-11-23(17-22)29-26(31)20-13-15-21(16-14-20)27(3,4)5/h6-17,19H,1-5H3,(H,28,30)(H,29,31). The van der Waals surface area contributed by atoms with Crippen LogP contribution in [0.1, 0.15) is 49.2 Å². The summed E-state index contributed by atoms with van der Waals surface area (Å²) in [7, 11) is 0. The van der Waals surface area contributed by atoms with Gasteiger partial charge in [0.25, 0.3) is 11.8 Å². The van der Waals surface area contributed by atoms with Gasteiger partial charge in [0.2, 0.25) is 0 Å². The number of carbonyl (C=O) groups is 2. The van der Waals surface area contributed by atoms with Crippen molar-refractivity contribution < 1.29 is 14.3 Å². The summed E-state index contributed by atoms with van der Waals surface area (Å²) in [6.07, 6.45) is -0.671. The molecule has 0 aliphatic carbocycles. The Labute approximate surface area is 189 Å². The number of benzene rings is 3. The van der Waals surface area contributed by atoms with Gasteiger partial charge in [-0.2, -0.15) is 0 Å². The van der Waals surface area contributed by atoms with Crippen LogP contribution in [0.2, 0.25) is 0 Å². The van der Waals surface area contributed by atoms with E-state index in [1.165, 1.54) is 5.56 Å². The Morgan fingerprint density at radius 3 is 2.09 bits per heavy atom. The van der Waals surface area contributed by atoms with E-state index in [0.29, 0.717) is 22.7 Å². The molecule has 1 unspecified atom stereocenters. The molecule has 0 saturated carbocycles. The van der Waals surface area contributed by atoms with E-state index in [4.69, 9.17) is 4.74 Å². The molecule has 0 fully saturated rings. The Morgan fingerprint density at radius 2 is 1.47 bits per heavy atom. The van der Waals surface area contributed by atoms with Crippen molar-refractivity contribution in [2.24, 2.45) is 0 Å². The summed E-state index contributed by atoms with van der Waals surface area (Å²) in [5.74, 6) is 0.202. The van der Waals surface area contributed by atoms with Crippen molar-refractivity contribution in [3.63, 3.8) is 0 Å². The second-order valence-corrected chi connectivity index (χ2v) is 8.88. The molecule has 0 aliphatic rings. The van der Waals surface area contributed by atoms with Crippen molar-refractivity contribution >= 4 is 23.2 Å². The zero-order valence-electron chi connectivity index (χ0n) is 19.2. The average molecular weight is 431 g/mol. The molecule has 0 spiro atoms. The van der Waals surface area contributed by atoms with Crippen molar-refractivity contribution in [1.29, 1.82) is 0 Å². The normalized spacial score (nSPS) is 12.0. The first-order valence-electron chi connectivity index (χ1n) is 10.7. The van der Waals surface area contributed by atoms with Crippen molar-refractivity contribution in [2.75, 3.05) is 10.6 Å². The van der Waals surface area contributed by atoms with Gasteiger partial charge in [0, 0.05) is 16.9 Å². The third kappa shape index (κ3) is 5.97. The van der Waals surface area contributed by atoms with E-state index in [0.717, 1.165) is 5.56 Å². The average Bonchev–Trinajstić information content (AvgIpc) is 2.75. The molecular formula is C27H30N2O3. The first-order valence-corrected chi connectivity index (χ1v) is 10.7. The van der Waals surface area contributed by atoms with Gasteiger partial charge in [-0.15, -0.1) is 0 Å². The lowest BCUT2D eigenvalue weighted by Gasteiger charge is -2.19. The molecule has 5 nitrogen and oxygen atoms in total. The van der Waals surface area contributed by atoms with Gasteiger partial charge >= 0.3 is 0 Å². The van der Waals surface area contributed by atoms with Gasteiger partial charge in [0.15, 0.2) is 6.10 Å². The maximum Gasteiger partial charge on any atom is 0.265 e. The highest BCUT2D eigenvalue weighted by molar-refractivity contribution is 6.04. The van der Waals surface area contributed by atoms with Gasteiger partial charge in [-0.1, -0.05) is 57.2 Å². The Balaban J connectivity index is 1.63. The number of ether oxygens (including phenoxy) is 1. The Hall–Kier alpha value is -3.60. The topological polar surface area (TPSA) is 67.4 Å². The van der Waals surface area contributed by atoms with Crippen molar-refractivity contribution in [3.8, 4) is 5.75 Å². The van der Waals surface area contributed by atoms with Gasteiger partial charge in [0.05, 0.1) is 0 Å². The predicted molar refractivity (Wildman–Crippen MR) is 129 cm³/mol. The van der Waals surface area contributed by atoms with Crippen LogP contribution in [0.25, 0.3) is 0 Å². The molecule has 3 aromatic carbocycles.